The minimum atomic E-state index is -1.32. The standard InChI is InChI=1S/C22H24O4/c1-4-15-13-22(20(23)25-5-2,21(24)26-6-3)14-18-11-16-9-7-8-10-17(16)12-19(15)18/h4,7-12,15H,1,5-6,13-14H2,2-3H3. The Kier molecular flexibility index (Phi) is 5.12. The van der Waals surface area contributed by atoms with E-state index in [-0.39, 0.29) is 25.6 Å². The number of fused-ring (bicyclic) bond motifs is 2. The molecule has 0 aliphatic heterocycles. The van der Waals surface area contributed by atoms with Gasteiger partial charge in [-0.15, -0.1) is 6.58 Å². The van der Waals surface area contributed by atoms with Gasteiger partial charge in [0.2, 0.25) is 0 Å². The topological polar surface area (TPSA) is 52.6 Å². The molecule has 0 amide bonds. The van der Waals surface area contributed by atoms with Crippen LogP contribution in [0.1, 0.15) is 37.3 Å². The molecule has 0 bridgehead atoms. The van der Waals surface area contributed by atoms with Crippen LogP contribution in [0.5, 0.6) is 0 Å². The van der Waals surface area contributed by atoms with E-state index in [2.05, 4.69) is 24.8 Å². The second-order valence-corrected chi connectivity index (χ2v) is 6.64. The summed E-state index contributed by atoms with van der Waals surface area (Å²) in [5.41, 5.74) is 0.768. The Labute approximate surface area is 153 Å². The monoisotopic (exact) mass is 352 g/mol. The molecule has 0 N–H and O–H groups in total. The lowest BCUT2D eigenvalue weighted by molar-refractivity contribution is -0.173. The SMILES string of the molecule is C=CC1CC(C(=O)OCC)(C(=O)OCC)Cc2cc3ccccc3cc21. The molecule has 0 fully saturated rings. The highest BCUT2D eigenvalue weighted by Gasteiger charge is 2.52. The molecule has 2 aromatic carbocycles. The van der Waals surface area contributed by atoms with E-state index in [1.807, 2.05) is 18.2 Å². The molecular weight excluding hydrogens is 328 g/mol. The maximum absolute atomic E-state index is 12.8. The van der Waals surface area contributed by atoms with Gasteiger partial charge in [0.05, 0.1) is 13.2 Å². The molecule has 2 aromatic rings. The fraction of sp³-hybridized carbons (Fsp3) is 0.364. The van der Waals surface area contributed by atoms with Crippen LogP contribution in [-0.2, 0) is 25.5 Å². The van der Waals surface area contributed by atoms with Gasteiger partial charge in [-0.1, -0.05) is 42.5 Å². The quantitative estimate of drug-likeness (QED) is 0.460. The zero-order valence-electron chi connectivity index (χ0n) is 15.3. The summed E-state index contributed by atoms with van der Waals surface area (Å²) in [4.78, 5) is 25.6. The van der Waals surface area contributed by atoms with Crippen molar-refractivity contribution in [2.75, 3.05) is 13.2 Å². The number of hydrogen-bond donors (Lipinski definition) is 0. The molecule has 0 saturated heterocycles. The highest BCUT2D eigenvalue weighted by Crippen LogP contribution is 2.46. The van der Waals surface area contributed by atoms with Crippen LogP contribution in [0.15, 0.2) is 49.1 Å². The van der Waals surface area contributed by atoms with Gasteiger partial charge in [-0.25, -0.2) is 0 Å². The van der Waals surface area contributed by atoms with Crippen LogP contribution in [-0.4, -0.2) is 25.2 Å². The van der Waals surface area contributed by atoms with Crippen LogP contribution in [0.3, 0.4) is 0 Å². The largest absolute Gasteiger partial charge is 0.465 e. The summed E-state index contributed by atoms with van der Waals surface area (Å²) >= 11 is 0. The number of carbonyl (C=O) groups is 2. The first-order chi connectivity index (χ1) is 12.6. The minimum absolute atomic E-state index is 0.114. The average molecular weight is 352 g/mol. The molecule has 4 heteroatoms. The highest BCUT2D eigenvalue weighted by molar-refractivity contribution is 6.01. The van der Waals surface area contributed by atoms with Gasteiger partial charge in [0.15, 0.2) is 5.41 Å². The maximum Gasteiger partial charge on any atom is 0.323 e. The first-order valence-corrected chi connectivity index (χ1v) is 9.04. The Morgan fingerprint density at radius 1 is 1.12 bits per heavy atom. The third-order valence-electron chi connectivity index (χ3n) is 5.08. The van der Waals surface area contributed by atoms with Gasteiger partial charge in [0, 0.05) is 5.92 Å². The summed E-state index contributed by atoms with van der Waals surface area (Å²) in [5.74, 6) is -1.13. The predicted octanol–water partition coefficient (Wildman–Crippen LogP) is 4.17. The number of ether oxygens (including phenoxy) is 2. The van der Waals surface area contributed by atoms with E-state index in [4.69, 9.17) is 9.47 Å². The smallest absolute Gasteiger partial charge is 0.323 e. The van der Waals surface area contributed by atoms with Crippen LogP contribution in [0.25, 0.3) is 10.8 Å². The molecule has 0 radical (unpaired) electrons. The summed E-state index contributed by atoms with van der Waals surface area (Å²) < 4.78 is 10.5. The van der Waals surface area contributed by atoms with Crippen LogP contribution in [0.2, 0.25) is 0 Å². The van der Waals surface area contributed by atoms with Crippen molar-refractivity contribution in [2.45, 2.75) is 32.6 Å². The van der Waals surface area contributed by atoms with E-state index in [1.165, 1.54) is 0 Å². The molecule has 0 heterocycles. The van der Waals surface area contributed by atoms with Crippen molar-refractivity contribution in [2.24, 2.45) is 5.41 Å². The van der Waals surface area contributed by atoms with Crippen molar-refractivity contribution in [3.05, 3.63) is 60.2 Å². The Morgan fingerprint density at radius 2 is 1.69 bits per heavy atom. The van der Waals surface area contributed by atoms with E-state index in [0.29, 0.717) is 6.42 Å². The molecule has 1 unspecified atom stereocenters. The molecule has 3 rings (SSSR count). The van der Waals surface area contributed by atoms with E-state index < -0.39 is 17.4 Å². The van der Waals surface area contributed by atoms with Crippen molar-refractivity contribution in [1.29, 1.82) is 0 Å². The Morgan fingerprint density at radius 3 is 2.23 bits per heavy atom. The molecule has 1 aliphatic rings. The fourth-order valence-corrected chi connectivity index (χ4v) is 3.83. The van der Waals surface area contributed by atoms with Gasteiger partial charge >= 0.3 is 11.9 Å². The van der Waals surface area contributed by atoms with Gasteiger partial charge in [-0.3, -0.25) is 9.59 Å². The fourth-order valence-electron chi connectivity index (χ4n) is 3.83. The van der Waals surface area contributed by atoms with Crippen molar-refractivity contribution >= 4 is 22.7 Å². The molecule has 0 aromatic heterocycles. The minimum Gasteiger partial charge on any atom is -0.465 e. The number of esters is 2. The van der Waals surface area contributed by atoms with E-state index in [0.717, 1.165) is 21.9 Å². The zero-order chi connectivity index (χ0) is 18.7. The predicted molar refractivity (Wildman–Crippen MR) is 101 cm³/mol. The lowest BCUT2D eigenvalue weighted by atomic mass is 9.66. The third kappa shape index (κ3) is 3.00. The van der Waals surface area contributed by atoms with Crippen molar-refractivity contribution in [3.8, 4) is 0 Å². The van der Waals surface area contributed by atoms with Crippen molar-refractivity contribution in [1.82, 2.24) is 0 Å². The summed E-state index contributed by atoms with van der Waals surface area (Å²) in [5, 5.41) is 2.22. The van der Waals surface area contributed by atoms with Gasteiger partial charge in [-0.05, 0) is 48.6 Å². The number of rotatable bonds is 5. The second-order valence-electron chi connectivity index (χ2n) is 6.64. The third-order valence-corrected chi connectivity index (χ3v) is 5.08. The van der Waals surface area contributed by atoms with Gasteiger partial charge < -0.3 is 9.47 Å². The lowest BCUT2D eigenvalue weighted by Crippen LogP contribution is -2.47. The second kappa shape index (κ2) is 7.32. The first kappa shape index (κ1) is 18.2. The average Bonchev–Trinajstić information content (AvgIpc) is 2.65. The lowest BCUT2D eigenvalue weighted by Gasteiger charge is -2.37. The van der Waals surface area contributed by atoms with E-state index in [1.54, 1.807) is 19.9 Å². The molecule has 0 spiro atoms. The van der Waals surface area contributed by atoms with Crippen molar-refractivity contribution < 1.29 is 19.1 Å². The molecular formula is C22H24O4. The Balaban J connectivity index is 2.15. The van der Waals surface area contributed by atoms with E-state index >= 15 is 0 Å². The van der Waals surface area contributed by atoms with E-state index in [9.17, 15) is 9.59 Å². The van der Waals surface area contributed by atoms with Crippen LogP contribution in [0.4, 0.5) is 0 Å². The van der Waals surface area contributed by atoms with Crippen LogP contribution < -0.4 is 0 Å². The van der Waals surface area contributed by atoms with Gasteiger partial charge in [0.25, 0.3) is 0 Å². The summed E-state index contributed by atoms with van der Waals surface area (Å²) in [7, 11) is 0. The Hall–Kier alpha value is -2.62. The highest BCUT2D eigenvalue weighted by atomic mass is 16.6. The zero-order valence-corrected chi connectivity index (χ0v) is 15.3. The molecule has 0 saturated carbocycles. The molecule has 136 valence electrons. The van der Waals surface area contributed by atoms with Crippen LogP contribution >= 0.6 is 0 Å². The number of allylic oxidation sites excluding steroid dienone is 1. The van der Waals surface area contributed by atoms with Crippen LogP contribution in [0, 0.1) is 5.41 Å². The summed E-state index contributed by atoms with van der Waals surface area (Å²) in [6, 6.07) is 12.3. The summed E-state index contributed by atoms with van der Waals surface area (Å²) in [6.07, 6.45) is 2.41. The molecule has 4 nitrogen and oxygen atoms in total. The number of carbonyl (C=O) groups excluding carboxylic acids is 2. The molecule has 26 heavy (non-hydrogen) atoms. The maximum atomic E-state index is 12.8. The normalized spacial score (nSPS) is 18.0. The first-order valence-electron chi connectivity index (χ1n) is 9.04. The molecule has 1 atom stereocenters. The van der Waals surface area contributed by atoms with Gasteiger partial charge in [-0.2, -0.15) is 0 Å². The van der Waals surface area contributed by atoms with Crippen molar-refractivity contribution in [3.63, 3.8) is 0 Å². The number of benzene rings is 2. The summed E-state index contributed by atoms with van der Waals surface area (Å²) in [6.45, 7) is 7.87. The Bertz CT molecular complexity index is 834. The number of hydrogen-bond acceptors (Lipinski definition) is 4. The van der Waals surface area contributed by atoms with Gasteiger partial charge in [0.1, 0.15) is 0 Å². The molecule has 1 aliphatic carbocycles.